The first-order valence-electron chi connectivity index (χ1n) is 5.66. The maximum absolute atomic E-state index is 6.40. The fourth-order valence-corrected chi connectivity index (χ4v) is 3.93. The van der Waals surface area contributed by atoms with Gasteiger partial charge in [-0.3, -0.25) is 0 Å². The number of rotatable bonds is 4. The molecule has 2 atom stereocenters. The summed E-state index contributed by atoms with van der Waals surface area (Å²) in [6.07, 6.45) is 2.19. The van der Waals surface area contributed by atoms with E-state index in [0.717, 1.165) is 16.3 Å². The summed E-state index contributed by atoms with van der Waals surface area (Å²) in [5, 5.41) is 2.87. The molecule has 0 amide bonds. The van der Waals surface area contributed by atoms with Gasteiger partial charge in [0.05, 0.1) is 10.4 Å². The largest absolute Gasteiger partial charge is 0.146 e. The zero-order chi connectivity index (χ0) is 12.3. The van der Waals surface area contributed by atoms with E-state index in [1.54, 1.807) is 11.3 Å². The van der Waals surface area contributed by atoms with Crippen molar-refractivity contribution in [2.24, 2.45) is 11.3 Å². The molecule has 0 saturated heterocycles. The second-order valence-corrected chi connectivity index (χ2v) is 7.59. The van der Waals surface area contributed by atoms with Crippen LogP contribution in [-0.2, 0) is 0 Å². The Balaban J connectivity index is 2.52. The van der Waals surface area contributed by atoms with Gasteiger partial charge in [0.1, 0.15) is 0 Å². The van der Waals surface area contributed by atoms with Crippen molar-refractivity contribution in [3.05, 3.63) is 21.3 Å². The number of halogens is 2. The lowest BCUT2D eigenvalue weighted by Gasteiger charge is -2.24. The van der Waals surface area contributed by atoms with Crippen molar-refractivity contribution in [3.63, 3.8) is 0 Å². The Morgan fingerprint density at radius 1 is 1.38 bits per heavy atom. The first-order valence-corrected chi connectivity index (χ1v) is 7.36. The van der Waals surface area contributed by atoms with E-state index in [4.69, 9.17) is 23.2 Å². The lowest BCUT2D eigenvalue weighted by atomic mass is 9.83. The van der Waals surface area contributed by atoms with E-state index in [1.165, 1.54) is 6.42 Å². The number of hydrogen-bond acceptors (Lipinski definition) is 1. The van der Waals surface area contributed by atoms with E-state index >= 15 is 0 Å². The van der Waals surface area contributed by atoms with Gasteiger partial charge in [0.25, 0.3) is 0 Å². The standard InChI is InChI=1S/C13H20Cl2S/c1-9(8-13(2,3)4)7-11(15)12-10(14)5-6-16-12/h5-6,9,11H,7-8H2,1-4H3. The smallest absolute Gasteiger partial charge is 0.0696 e. The van der Waals surface area contributed by atoms with Gasteiger partial charge >= 0.3 is 0 Å². The third-order valence-corrected chi connectivity index (χ3v) is 4.50. The second-order valence-electron chi connectivity index (χ2n) is 5.71. The van der Waals surface area contributed by atoms with Gasteiger partial charge in [0.2, 0.25) is 0 Å². The number of hydrogen-bond donors (Lipinski definition) is 0. The van der Waals surface area contributed by atoms with Gasteiger partial charge in [0.15, 0.2) is 0 Å². The maximum Gasteiger partial charge on any atom is 0.0696 e. The maximum atomic E-state index is 6.40. The Labute approximate surface area is 113 Å². The first-order chi connectivity index (χ1) is 7.29. The van der Waals surface area contributed by atoms with Crippen LogP contribution in [0.25, 0.3) is 0 Å². The monoisotopic (exact) mass is 278 g/mol. The van der Waals surface area contributed by atoms with Crippen LogP contribution < -0.4 is 0 Å². The molecule has 0 N–H and O–H groups in total. The highest BCUT2D eigenvalue weighted by Crippen LogP contribution is 2.38. The van der Waals surface area contributed by atoms with Crippen molar-refractivity contribution < 1.29 is 0 Å². The van der Waals surface area contributed by atoms with Crippen LogP contribution in [0.1, 0.15) is 50.8 Å². The molecule has 0 aliphatic carbocycles. The molecule has 1 aromatic heterocycles. The van der Waals surface area contributed by atoms with Gasteiger partial charge in [-0.25, -0.2) is 0 Å². The Morgan fingerprint density at radius 3 is 2.44 bits per heavy atom. The molecule has 2 unspecified atom stereocenters. The van der Waals surface area contributed by atoms with E-state index in [-0.39, 0.29) is 5.38 Å². The molecule has 1 aromatic rings. The molecule has 0 nitrogen and oxygen atoms in total. The van der Waals surface area contributed by atoms with E-state index < -0.39 is 0 Å². The lowest BCUT2D eigenvalue weighted by Crippen LogP contribution is -2.12. The highest BCUT2D eigenvalue weighted by atomic mass is 35.5. The molecule has 0 aliphatic heterocycles. The van der Waals surface area contributed by atoms with E-state index in [0.29, 0.717) is 11.3 Å². The molecule has 1 heterocycles. The quantitative estimate of drug-likeness (QED) is 0.580. The Kier molecular flexibility index (Phi) is 5.15. The van der Waals surface area contributed by atoms with Gasteiger partial charge in [-0.1, -0.05) is 39.3 Å². The van der Waals surface area contributed by atoms with Crippen molar-refractivity contribution in [3.8, 4) is 0 Å². The average molecular weight is 279 g/mol. The van der Waals surface area contributed by atoms with Crippen LogP contribution in [-0.4, -0.2) is 0 Å². The van der Waals surface area contributed by atoms with Gasteiger partial charge in [-0.15, -0.1) is 22.9 Å². The van der Waals surface area contributed by atoms with Crippen LogP contribution in [0.15, 0.2) is 11.4 Å². The summed E-state index contributed by atoms with van der Waals surface area (Å²) < 4.78 is 0. The van der Waals surface area contributed by atoms with Crippen LogP contribution in [0.4, 0.5) is 0 Å². The zero-order valence-corrected chi connectivity index (χ0v) is 12.7. The zero-order valence-electron chi connectivity index (χ0n) is 10.4. The van der Waals surface area contributed by atoms with E-state index in [1.807, 2.05) is 11.4 Å². The molecule has 3 heteroatoms. The van der Waals surface area contributed by atoms with Crippen molar-refractivity contribution in [1.29, 1.82) is 0 Å². The van der Waals surface area contributed by atoms with Crippen molar-refractivity contribution in [2.75, 3.05) is 0 Å². The fourth-order valence-electron chi connectivity index (χ4n) is 2.12. The SMILES string of the molecule is CC(CC(Cl)c1sccc1Cl)CC(C)(C)C. The molecule has 1 rings (SSSR count). The van der Waals surface area contributed by atoms with Crippen molar-refractivity contribution >= 4 is 34.5 Å². The van der Waals surface area contributed by atoms with Gasteiger partial charge in [-0.2, -0.15) is 0 Å². The van der Waals surface area contributed by atoms with Crippen molar-refractivity contribution in [1.82, 2.24) is 0 Å². The second kappa shape index (κ2) is 5.75. The number of alkyl halides is 1. The molecular formula is C13H20Cl2S. The van der Waals surface area contributed by atoms with Crippen LogP contribution in [0.3, 0.4) is 0 Å². The van der Waals surface area contributed by atoms with Crippen LogP contribution in [0, 0.1) is 11.3 Å². The summed E-state index contributed by atoms with van der Waals surface area (Å²) in [4.78, 5) is 1.11. The van der Waals surface area contributed by atoms with E-state index in [9.17, 15) is 0 Å². The Bertz CT molecular complexity index is 325. The summed E-state index contributed by atoms with van der Waals surface area (Å²) in [6.45, 7) is 9.07. The molecule has 0 fully saturated rings. The fraction of sp³-hybridized carbons (Fsp3) is 0.692. The highest BCUT2D eigenvalue weighted by Gasteiger charge is 2.20. The Morgan fingerprint density at radius 2 is 2.00 bits per heavy atom. The third kappa shape index (κ3) is 4.65. The lowest BCUT2D eigenvalue weighted by molar-refractivity contribution is 0.296. The van der Waals surface area contributed by atoms with Gasteiger partial charge in [0, 0.05) is 4.88 Å². The summed E-state index contributed by atoms with van der Waals surface area (Å²) in [5.41, 5.74) is 0.370. The Hall–Kier alpha value is 0.280. The summed E-state index contributed by atoms with van der Waals surface area (Å²) >= 11 is 14.1. The van der Waals surface area contributed by atoms with E-state index in [2.05, 4.69) is 27.7 Å². The average Bonchev–Trinajstić information content (AvgIpc) is 2.47. The minimum absolute atomic E-state index is 0.0600. The van der Waals surface area contributed by atoms with Gasteiger partial charge in [-0.05, 0) is 35.6 Å². The molecule has 0 aliphatic rings. The van der Waals surface area contributed by atoms with Crippen LogP contribution >= 0.6 is 34.5 Å². The van der Waals surface area contributed by atoms with Gasteiger partial charge < -0.3 is 0 Å². The predicted molar refractivity (Wildman–Crippen MR) is 75.8 cm³/mol. The third-order valence-electron chi connectivity index (χ3n) is 2.50. The minimum atomic E-state index is 0.0600. The van der Waals surface area contributed by atoms with Crippen molar-refractivity contribution in [2.45, 2.75) is 45.9 Å². The highest BCUT2D eigenvalue weighted by molar-refractivity contribution is 7.11. The minimum Gasteiger partial charge on any atom is -0.146 e. The molecule has 0 spiro atoms. The summed E-state index contributed by atoms with van der Waals surface area (Å²) in [6, 6.07) is 1.92. The molecular weight excluding hydrogens is 259 g/mol. The molecule has 0 saturated carbocycles. The molecule has 0 radical (unpaired) electrons. The molecule has 16 heavy (non-hydrogen) atoms. The van der Waals surface area contributed by atoms with Crippen LogP contribution in [0.5, 0.6) is 0 Å². The molecule has 0 aromatic carbocycles. The first kappa shape index (κ1) is 14.3. The normalized spacial score (nSPS) is 16.1. The predicted octanol–water partition coefficient (Wildman–Crippen LogP) is 6.14. The topological polar surface area (TPSA) is 0 Å². The molecule has 0 bridgehead atoms. The molecule has 92 valence electrons. The van der Waals surface area contributed by atoms with Crippen LogP contribution in [0.2, 0.25) is 5.02 Å². The number of thiophene rings is 1. The summed E-state index contributed by atoms with van der Waals surface area (Å²) in [5.74, 6) is 0.626. The summed E-state index contributed by atoms with van der Waals surface area (Å²) in [7, 11) is 0.